The molecular formula is C17H20F3N5O2. The molecule has 2 aromatic rings. The van der Waals surface area contributed by atoms with Gasteiger partial charge < -0.3 is 9.47 Å². The van der Waals surface area contributed by atoms with E-state index >= 15 is 0 Å². The third kappa shape index (κ3) is 3.88. The quantitative estimate of drug-likeness (QED) is 0.571. The van der Waals surface area contributed by atoms with Crippen LogP contribution in [0.5, 0.6) is 0 Å². The second-order valence-electron chi connectivity index (χ2n) is 7.04. The summed E-state index contributed by atoms with van der Waals surface area (Å²) in [6, 6.07) is 2.94. The van der Waals surface area contributed by atoms with Crippen LogP contribution in [-0.4, -0.2) is 26.2 Å². The molecule has 2 heterocycles. The van der Waals surface area contributed by atoms with Gasteiger partial charge in [-0.25, -0.2) is 0 Å². The standard InChI is InChI=1S/C17H20F3N5O2/c1-11(2)9-23-10-21-22-16(23)15-4-3-7-24(15)12-5-6-14(25(26)27)13(8-12)17(18,19)20/h5-6,8,10-11,15H,3-4,7,9H2,1-2H3. The average molecular weight is 383 g/mol. The first-order chi connectivity index (χ1) is 12.7. The fraction of sp³-hybridized carbons (Fsp3) is 0.529. The van der Waals surface area contributed by atoms with Crippen molar-refractivity contribution in [2.75, 3.05) is 11.4 Å². The Morgan fingerprint density at radius 2 is 2.11 bits per heavy atom. The summed E-state index contributed by atoms with van der Waals surface area (Å²) < 4.78 is 41.8. The maximum atomic E-state index is 13.3. The molecule has 1 aromatic heterocycles. The van der Waals surface area contributed by atoms with E-state index in [1.165, 1.54) is 6.07 Å². The van der Waals surface area contributed by atoms with Crippen LogP contribution in [0.1, 0.15) is 44.1 Å². The topological polar surface area (TPSA) is 77.1 Å². The minimum Gasteiger partial charge on any atom is -0.361 e. The Hall–Kier alpha value is -2.65. The largest absolute Gasteiger partial charge is 0.423 e. The highest BCUT2D eigenvalue weighted by atomic mass is 19.4. The monoisotopic (exact) mass is 383 g/mol. The van der Waals surface area contributed by atoms with E-state index in [1.54, 1.807) is 6.33 Å². The van der Waals surface area contributed by atoms with E-state index in [1.807, 2.05) is 9.47 Å². The zero-order valence-electron chi connectivity index (χ0n) is 15.0. The summed E-state index contributed by atoms with van der Waals surface area (Å²) in [5, 5.41) is 19.1. The van der Waals surface area contributed by atoms with Gasteiger partial charge in [0, 0.05) is 24.8 Å². The summed E-state index contributed by atoms with van der Waals surface area (Å²) in [6.45, 7) is 5.37. The molecule has 146 valence electrons. The highest BCUT2D eigenvalue weighted by molar-refractivity contribution is 5.58. The van der Waals surface area contributed by atoms with E-state index in [0.717, 1.165) is 25.0 Å². The predicted molar refractivity (Wildman–Crippen MR) is 92.3 cm³/mol. The van der Waals surface area contributed by atoms with Crippen molar-refractivity contribution >= 4 is 11.4 Å². The molecule has 1 atom stereocenters. The molecule has 0 radical (unpaired) electrons. The Bertz CT molecular complexity index is 834. The Balaban J connectivity index is 1.98. The van der Waals surface area contributed by atoms with Crippen LogP contribution in [0.4, 0.5) is 24.5 Å². The van der Waals surface area contributed by atoms with Gasteiger partial charge in [0.05, 0.1) is 11.0 Å². The highest BCUT2D eigenvalue weighted by Gasteiger charge is 2.40. The zero-order chi connectivity index (χ0) is 19.8. The number of rotatable bonds is 5. The lowest BCUT2D eigenvalue weighted by atomic mass is 10.1. The third-order valence-corrected chi connectivity index (χ3v) is 4.57. The SMILES string of the molecule is CC(C)Cn1cnnc1C1CCCN1c1ccc([N+](=O)[O-])c(C(F)(F)F)c1. The fourth-order valence-electron chi connectivity index (χ4n) is 3.49. The van der Waals surface area contributed by atoms with E-state index in [-0.39, 0.29) is 6.04 Å². The summed E-state index contributed by atoms with van der Waals surface area (Å²) in [4.78, 5) is 11.8. The van der Waals surface area contributed by atoms with Gasteiger partial charge in [0.1, 0.15) is 11.9 Å². The number of hydrogen-bond donors (Lipinski definition) is 0. The van der Waals surface area contributed by atoms with Crippen LogP contribution >= 0.6 is 0 Å². The van der Waals surface area contributed by atoms with Gasteiger partial charge in [0.15, 0.2) is 5.82 Å². The van der Waals surface area contributed by atoms with Gasteiger partial charge in [-0.15, -0.1) is 10.2 Å². The molecule has 1 aliphatic heterocycles. The summed E-state index contributed by atoms with van der Waals surface area (Å²) in [5.74, 6) is 1.07. The van der Waals surface area contributed by atoms with Crippen molar-refractivity contribution in [1.82, 2.24) is 14.8 Å². The second-order valence-corrected chi connectivity index (χ2v) is 7.04. The van der Waals surface area contributed by atoms with Crippen LogP contribution in [0.3, 0.4) is 0 Å². The van der Waals surface area contributed by atoms with Crippen LogP contribution in [0.25, 0.3) is 0 Å². The molecule has 0 N–H and O–H groups in total. The number of nitrogens with zero attached hydrogens (tertiary/aromatic N) is 5. The first kappa shape index (κ1) is 19.1. The van der Waals surface area contributed by atoms with Gasteiger partial charge in [-0.3, -0.25) is 10.1 Å². The van der Waals surface area contributed by atoms with E-state index in [2.05, 4.69) is 24.0 Å². The van der Waals surface area contributed by atoms with Gasteiger partial charge >= 0.3 is 6.18 Å². The Morgan fingerprint density at radius 1 is 1.37 bits per heavy atom. The lowest BCUT2D eigenvalue weighted by Gasteiger charge is -2.27. The van der Waals surface area contributed by atoms with Gasteiger partial charge in [-0.1, -0.05) is 13.8 Å². The highest BCUT2D eigenvalue weighted by Crippen LogP contribution is 2.41. The molecule has 3 rings (SSSR count). The fourth-order valence-corrected chi connectivity index (χ4v) is 3.49. The van der Waals surface area contributed by atoms with Gasteiger partial charge in [-0.2, -0.15) is 13.2 Å². The number of benzene rings is 1. The summed E-state index contributed by atoms with van der Waals surface area (Å²) in [6.07, 6.45) is -1.65. The molecule has 10 heteroatoms. The first-order valence-corrected chi connectivity index (χ1v) is 8.68. The molecule has 0 amide bonds. The number of nitro groups is 1. The molecular weight excluding hydrogens is 363 g/mol. The molecule has 1 unspecified atom stereocenters. The number of anilines is 1. The van der Waals surface area contributed by atoms with Crippen LogP contribution < -0.4 is 4.90 Å². The number of aromatic nitrogens is 3. The molecule has 1 aromatic carbocycles. The summed E-state index contributed by atoms with van der Waals surface area (Å²) in [5.41, 5.74) is -1.88. The lowest BCUT2D eigenvalue weighted by molar-refractivity contribution is -0.388. The van der Waals surface area contributed by atoms with Gasteiger partial charge in [-0.05, 0) is 30.9 Å². The van der Waals surface area contributed by atoms with Crippen LogP contribution in [0.15, 0.2) is 24.5 Å². The molecule has 0 bridgehead atoms. The van der Waals surface area contributed by atoms with Crippen LogP contribution in [0, 0.1) is 16.0 Å². The molecule has 7 nitrogen and oxygen atoms in total. The smallest absolute Gasteiger partial charge is 0.361 e. The first-order valence-electron chi connectivity index (χ1n) is 8.68. The molecule has 1 fully saturated rings. The van der Waals surface area contributed by atoms with Crippen molar-refractivity contribution in [3.8, 4) is 0 Å². The third-order valence-electron chi connectivity index (χ3n) is 4.57. The zero-order valence-corrected chi connectivity index (χ0v) is 15.0. The maximum Gasteiger partial charge on any atom is 0.423 e. The van der Waals surface area contributed by atoms with Crippen molar-refractivity contribution < 1.29 is 18.1 Å². The normalized spacial score (nSPS) is 17.7. The van der Waals surface area contributed by atoms with E-state index < -0.39 is 22.4 Å². The molecule has 0 spiro atoms. The van der Waals surface area contributed by atoms with Crippen molar-refractivity contribution in [1.29, 1.82) is 0 Å². The van der Waals surface area contributed by atoms with Gasteiger partial charge in [0.2, 0.25) is 0 Å². The van der Waals surface area contributed by atoms with Crippen molar-refractivity contribution in [3.05, 3.63) is 46.0 Å². The molecule has 27 heavy (non-hydrogen) atoms. The minimum atomic E-state index is -4.80. The predicted octanol–water partition coefficient (Wildman–Crippen LogP) is 4.20. The van der Waals surface area contributed by atoms with E-state index in [4.69, 9.17) is 0 Å². The summed E-state index contributed by atoms with van der Waals surface area (Å²) in [7, 11) is 0. The average Bonchev–Trinajstić information content (AvgIpc) is 3.21. The van der Waals surface area contributed by atoms with E-state index in [0.29, 0.717) is 30.5 Å². The number of alkyl halides is 3. The molecule has 1 aliphatic rings. The van der Waals surface area contributed by atoms with Crippen LogP contribution in [-0.2, 0) is 12.7 Å². The minimum absolute atomic E-state index is 0.214. The molecule has 0 aliphatic carbocycles. The van der Waals surface area contributed by atoms with E-state index in [9.17, 15) is 23.3 Å². The van der Waals surface area contributed by atoms with Crippen molar-refractivity contribution in [2.24, 2.45) is 5.92 Å². The molecule has 0 saturated carbocycles. The lowest BCUT2D eigenvalue weighted by Crippen LogP contribution is -2.26. The summed E-state index contributed by atoms with van der Waals surface area (Å²) >= 11 is 0. The number of halogens is 3. The Morgan fingerprint density at radius 3 is 2.74 bits per heavy atom. The maximum absolute atomic E-state index is 13.3. The van der Waals surface area contributed by atoms with Crippen molar-refractivity contribution in [3.63, 3.8) is 0 Å². The number of nitro benzene ring substituents is 1. The number of hydrogen-bond acceptors (Lipinski definition) is 5. The van der Waals surface area contributed by atoms with Gasteiger partial charge in [0.25, 0.3) is 5.69 Å². The van der Waals surface area contributed by atoms with Crippen LogP contribution in [0.2, 0.25) is 0 Å². The van der Waals surface area contributed by atoms with Crippen molar-refractivity contribution in [2.45, 2.75) is 45.5 Å². The Kier molecular flexibility index (Phi) is 5.07. The second kappa shape index (κ2) is 7.16. The Labute approximate surface area is 154 Å². The molecule has 1 saturated heterocycles.